The van der Waals surface area contributed by atoms with Crippen LogP contribution >= 0.6 is 11.3 Å². The predicted octanol–water partition coefficient (Wildman–Crippen LogP) is 4.85. The Kier molecular flexibility index (Phi) is 5.62. The van der Waals surface area contributed by atoms with Crippen LogP contribution in [-0.2, 0) is 0 Å². The summed E-state index contributed by atoms with van der Waals surface area (Å²) in [5.41, 5.74) is 3.33. The maximum atomic E-state index is 6.31. The smallest absolute Gasteiger partial charge is 0.134 e. The number of thiophene rings is 1. The van der Waals surface area contributed by atoms with Crippen LogP contribution in [0.25, 0.3) is 11.1 Å². The van der Waals surface area contributed by atoms with Crippen molar-refractivity contribution in [2.75, 3.05) is 13.6 Å². The molecule has 1 aromatic carbocycles. The number of nitrogens with zero attached hydrogens (tertiary/aromatic N) is 1. The van der Waals surface area contributed by atoms with E-state index in [1.165, 1.54) is 4.88 Å². The summed E-state index contributed by atoms with van der Waals surface area (Å²) >= 11 is 1.74. The first-order valence-electron chi connectivity index (χ1n) is 8.14. The molecule has 3 rings (SSSR count). The summed E-state index contributed by atoms with van der Waals surface area (Å²) in [5.74, 6) is 0.900. The van der Waals surface area contributed by atoms with Crippen LogP contribution in [0.1, 0.15) is 23.1 Å². The average Bonchev–Trinajstić information content (AvgIpc) is 3.13. The lowest BCUT2D eigenvalue weighted by Gasteiger charge is -2.18. The second-order valence-electron chi connectivity index (χ2n) is 5.73. The second kappa shape index (κ2) is 8.08. The van der Waals surface area contributed by atoms with Gasteiger partial charge in [0.25, 0.3) is 0 Å². The maximum Gasteiger partial charge on any atom is 0.134 e. The highest BCUT2D eigenvalue weighted by Crippen LogP contribution is 2.30. The molecule has 124 valence electrons. The van der Waals surface area contributed by atoms with Crippen LogP contribution in [0, 0.1) is 6.92 Å². The molecule has 0 spiro atoms. The van der Waals surface area contributed by atoms with Crippen LogP contribution < -0.4 is 10.1 Å². The molecule has 3 aromatic rings. The van der Waals surface area contributed by atoms with Gasteiger partial charge in [-0.15, -0.1) is 11.3 Å². The first-order valence-corrected chi connectivity index (χ1v) is 9.02. The van der Waals surface area contributed by atoms with Crippen LogP contribution in [0.4, 0.5) is 0 Å². The van der Waals surface area contributed by atoms with Crippen LogP contribution in [0.2, 0.25) is 0 Å². The summed E-state index contributed by atoms with van der Waals surface area (Å²) in [6.45, 7) is 2.93. The van der Waals surface area contributed by atoms with Crippen molar-refractivity contribution in [2.45, 2.75) is 19.4 Å². The number of aryl methyl sites for hydroxylation is 1. The molecular formula is C20H22N2OS. The first-order chi connectivity index (χ1) is 11.8. The van der Waals surface area contributed by atoms with Crippen molar-refractivity contribution in [1.82, 2.24) is 10.3 Å². The van der Waals surface area contributed by atoms with E-state index in [1.807, 2.05) is 38.4 Å². The molecule has 0 aliphatic heterocycles. The molecule has 3 nitrogen and oxygen atoms in total. The highest BCUT2D eigenvalue weighted by Gasteiger charge is 2.14. The Morgan fingerprint density at radius 2 is 2.00 bits per heavy atom. The number of rotatable bonds is 7. The van der Waals surface area contributed by atoms with E-state index in [0.717, 1.165) is 35.5 Å². The molecule has 0 aliphatic carbocycles. The fraction of sp³-hybridized carbons (Fsp3) is 0.250. The lowest BCUT2D eigenvalue weighted by molar-refractivity contribution is 0.199. The largest absolute Gasteiger partial charge is 0.485 e. The van der Waals surface area contributed by atoms with Gasteiger partial charge in [0.1, 0.15) is 11.9 Å². The first kappa shape index (κ1) is 16.7. The van der Waals surface area contributed by atoms with Crippen LogP contribution in [0.5, 0.6) is 5.75 Å². The van der Waals surface area contributed by atoms with Gasteiger partial charge in [0.2, 0.25) is 0 Å². The molecule has 0 bridgehead atoms. The maximum absolute atomic E-state index is 6.31. The van der Waals surface area contributed by atoms with Crippen molar-refractivity contribution in [1.29, 1.82) is 0 Å². The van der Waals surface area contributed by atoms with Gasteiger partial charge in [-0.25, -0.2) is 0 Å². The molecule has 0 amide bonds. The molecule has 1 atom stereocenters. The molecule has 2 aromatic heterocycles. The third kappa shape index (κ3) is 4.22. The topological polar surface area (TPSA) is 34.1 Å². The van der Waals surface area contributed by atoms with E-state index in [1.54, 1.807) is 11.3 Å². The van der Waals surface area contributed by atoms with Crippen molar-refractivity contribution in [3.63, 3.8) is 0 Å². The number of aromatic nitrogens is 1. The highest BCUT2D eigenvalue weighted by molar-refractivity contribution is 7.10. The molecule has 0 saturated heterocycles. The van der Waals surface area contributed by atoms with Gasteiger partial charge in [0.05, 0.1) is 0 Å². The van der Waals surface area contributed by atoms with Gasteiger partial charge in [-0.3, -0.25) is 4.98 Å². The van der Waals surface area contributed by atoms with Crippen LogP contribution in [0.15, 0.2) is 60.1 Å². The van der Waals surface area contributed by atoms with Gasteiger partial charge in [0.15, 0.2) is 0 Å². The molecule has 24 heavy (non-hydrogen) atoms. The number of pyridine rings is 1. The minimum Gasteiger partial charge on any atom is -0.485 e. The minimum absolute atomic E-state index is 0.0758. The third-order valence-electron chi connectivity index (χ3n) is 3.86. The molecule has 0 unspecified atom stereocenters. The van der Waals surface area contributed by atoms with Gasteiger partial charge >= 0.3 is 0 Å². The van der Waals surface area contributed by atoms with E-state index in [4.69, 9.17) is 4.74 Å². The van der Waals surface area contributed by atoms with E-state index in [2.05, 4.69) is 46.0 Å². The number of nitrogens with one attached hydrogen (secondary N) is 1. The predicted molar refractivity (Wildman–Crippen MR) is 101 cm³/mol. The molecule has 1 N–H and O–H groups in total. The van der Waals surface area contributed by atoms with Crippen LogP contribution in [0.3, 0.4) is 0 Å². The lowest BCUT2D eigenvalue weighted by atomic mass is 10.1. The minimum atomic E-state index is 0.0758. The SMILES string of the molecule is CNCC[C@H](Oc1cccc(-c2ccnc(C)c2)c1)c1cccs1. The van der Waals surface area contributed by atoms with E-state index < -0.39 is 0 Å². The highest BCUT2D eigenvalue weighted by atomic mass is 32.1. The molecule has 0 fully saturated rings. The molecule has 0 aliphatic rings. The van der Waals surface area contributed by atoms with E-state index in [9.17, 15) is 0 Å². The molecular weight excluding hydrogens is 316 g/mol. The van der Waals surface area contributed by atoms with Crippen molar-refractivity contribution >= 4 is 11.3 Å². The summed E-state index contributed by atoms with van der Waals surface area (Å²) in [6, 6.07) is 16.6. The van der Waals surface area contributed by atoms with Crippen molar-refractivity contribution < 1.29 is 4.74 Å². The summed E-state index contributed by atoms with van der Waals surface area (Å²) in [4.78, 5) is 5.53. The quantitative estimate of drug-likeness (QED) is 0.669. The van der Waals surface area contributed by atoms with Gasteiger partial charge in [0, 0.05) is 23.2 Å². The zero-order valence-corrected chi connectivity index (χ0v) is 14.8. The molecule has 0 saturated carbocycles. The third-order valence-corrected chi connectivity index (χ3v) is 4.82. The van der Waals surface area contributed by atoms with Gasteiger partial charge in [-0.05, 0) is 67.4 Å². The van der Waals surface area contributed by atoms with Gasteiger partial charge < -0.3 is 10.1 Å². The van der Waals surface area contributed by atoms with E-state index in [-0.39, 0.29) is 6.10 Å². The lowest BCUT2D eigenvalue weighted by Crippen LogP contribution is -2.15. The normalized spacial score (nSPS) is 12.1. The Hall–Kier alpha value is -2.17. The van der Waals surface area contributed by atoms with Crippen molar-refractivity contribution in [2.24, 2.45) is 0 Å². The fourth-order valence-electron chi connectivity index (χ4n) is 2.65. The number of ether oxygens (including phenoxy) is 1. The monoisotopic (exact) mass is 338 g/mol. The van der Waals surface area contributed by atoms with Crippen LogP contribution in [-0.4, -0.2) is 18.6 Å². The molecule has 0 radical (unpaired) electrons. The number of benzene rings is 1. The average molecular weight is 338 g/mol. The summed E-state index contributed by atoms with van der Waals surface area (Å²) < 4.78 is 6.31. The number of hydrogen-bond acceptors (Lipinski definition) is 4. The second-order valence-corrected chi connectivity index (χ2v) is 6.71. The Morgan fingerprint density at radius 1 is 1.12 bits per heavy atom. The fourth-order valence-corrected chi connectivity index (χ4v) is 3.44. The van der Waals surface area contributed by atoms with Gasteiger partial charge in [-0.1, -0.05) is 18.2 Å². The number of hydrogen-bond donors (Lipinski definition) is 1. The molecule has 2 heterocycles. The Bertz CT molecular complexity index is 771. The summed E-state index contributed by atoms with van der Waals surface area (Å²) in [7, 11) is 1.97. The van der Waals surface area contributed by atoms with E-state index in [0.29, 0.717) is 0 Å². The Balaban J connectivity index is 1.82. The zero-order chi connectivity index (χ0) is 16.8. The Labute approximate surface area is 147 Å². The summed E-state index contributed by atoms with van der Waals surface area (Å²) in [5, 5.41) is 5.31. The van der Waals surface area contributed by atoms with Crippen molar-refractivity contribution in [3.05, 3.63) is 70.7 Å². The van der Waals surface area contributed by atoms with Crippen molar-refractivity contribution in [3.8, 4) is 16.9 Å². The molecule has 4 heteroatoms. The Morgan fingerprint density at radius 3 is 2.75 bits per heavy atom. The standard InChI is InChI=1S/C20H22N2OS/c1-15-13-17(8-11-22-15)16-5-3-6-18(14-16)23-19(9-10-21-2)20-7-4-12-24-20/h3-8,11-14,19,21H,9-10H2,1-2H3/t19-/m0/s1. The van der Waals surface area contributed by atoms with E-state index >= 15 is 0 Å². The van der Waals surface area contributed by atoms with Gasteiger partial charge in [-0.2, -0.15) is 0 Å². The zero-order valence-electron chi connectivity index (χ0n) is 14.0. The summed E-state index contributed by atoms with van der Waals surface area (Å²) in [6.07, 6.45) is 2.86.